The number of halogens is 4. The van der Waals surface area contributed by atoms with Crippen molar-refractivity contribution in [3.8, 4) is 0 Å². The highest BCUT2D eigenvalue weighted by Crippen LogP contribution is 2.50. The van der Waals surface area contributed by atoms with E-state index in [4.69, 9.17) is 5.73 Å². The Morgan fingerprint density at radius 1 is 1.29 bits per heavy atom. The molecule has 0 bridgehead atoms. The molecule has 1 saturated carbocycles. The van der Waals surface area contributed by atoms with E-state index < -0.39 is 17.2 Å². The minimum absolute atomic E-state index is 0. The van der Waals surface area contributed by atoms with E-state index in [9.17, 15) is 22.8 Å². The number of nitrogens with two attached hydrogens (primary N) is 1. The van der Waals surface area contributed by atoms with Crippen LogP contribution in [0.5, 0.6) is 0 Å². The van der Waals surface area contributed by atoms with Crippen molar-refractivity contribution in [2.75, 3.05) is 26.2 Å². The lowest BCUT2D eigenvalue weighted by Gasteiger charge is -2.34. The molecule has 2 fully saturated rings. The van der Waals surface area contributed by atoms with Gasteiger partial charge in [0.25, 0.3) is 0 Å². The number of hydrogen-bond donors (Lipinski definition) is 2. The highest BCUT2D eigenvalue weighted by Gasteiger charge is 2.54. The Morgan fingerprint density at radius 2 is 2.00 bits per heavy atom. The minimum Gasteiger partial charge on any atom is -0.355 e. The van der Waals surface area contributed by atoms with Gasteiger partial charge in [-0.15, -0.1) is 12.4 Å². The van der Waals surface area contributed by atoms with E-state index in [-0.39, 0.29) is 30.1 Å². The second kappa shape index (κ2) is 8.69. The van der Waals surface area contributed by atoms with Crippen molar-refractivity contribution in [3.63, 3.8) is 0 Å². The number of amides is 2. The van der Waals surface area contributed by atoms with Crippen LogP contribution in [0.4, 0.5) is 13.2 Å². The number of piperidine rings is 1. The maximum atomic E-state index is 13.1. The van der Waals surface area contributed by atoms with Crippen LogP contribution in [0.25, 0.3) is 0 Å². The zero-order valence-electron chi connectivity index (χ0n) is 15.4. The Labute approximate surface area is 168 Å². The predicted octanol–water partition coefficient (Wildman–Crippen LogP) is 2.47. The van der Waals surface area contributed by atoms with Crippen molar-refractivity contribution < 1.29 is 22.8 Å². The average molecular weight is 420 g/mol. The van der Waals surface area contributed by atoms with Gasteiger partial charge in [0.05, 0.1) is 16.9 Å². The number of nitrogens with zero attached hydrogens (tertiary/aromatic N) is 1. The van der Waals surface area contributed by atoms with Crippen molar-refractivity contribution in [2.45, 2.75) is 37.3 Å². The average Bonchev–Trinajstić information content (AvgIpc) is 3.47. The number of nitrogens with one attached hydrogen (secondary N) is 1. The molecule has 1 atom stereocenters. The van der Waals surface area contributed by atoms with Gasteiger partial charge in [0.2, 0.25) is 11.8 Å². The Morgan fingerprint density at radius 3 is 2.61 bits per heavy atom. The monoisotopic (exact) mass is 419 g/mol. The van der Waals surface area contributed by atoms with Crippen LogP contribution in [0, 0.1) is 5.92 Å². The van der Waals surface area contributed by atoms with E-state index in [1.807, 2.05) is 0 Å². The first-order chi connectivity index (χ1) is 12.8. The number of alkyl halides is 3. The summed E-state index contributed by atoms with van der Waals surface area (Å²) in [6.07, 6.45) is -1.98. The molecule has 9 heteroatoms. The summed E-state index contributed by atoms with van der Waals surface area (Å²) in [5.41, 5.74) is 4.19. The Bertz CT molecular complexity index is 723. The molecular weight excluding hydrogens is 395 g/mol. The Balaban J connectivity index is 0.00000280. The van der Waals surface area contributed by atoms with Crippen LogP contribution in [0.15, 0.2) is 24.3 Å². The third-order valence-electron chi connectivity index (χ3n) is 5.42. The van der Waals surface area contributed by atoms with Crippen LogP contribution in [0.2, 0.25) is 0 Å². The van der Waals surface area contributed by atoms with Crippen molar-refractivity contribution in [2.24, 2.45) is 11.7 Å². The zero-order chi connectivity index (χ0) is 19.7. The highest BCUT2D eigenvalue weighted by atomic mass is 35.5. The van der Waals surface area contributed by atoms with Gasteiger partial charge < -0.3 is 16.0 Å². The van der Waals surface area contributed by atoms with Crippen LogP contribution < -0.4 is 11.1 Å². The summed E-state index contributed by atoms with van der Waals surface area (Å²) < 4.78 is 39.1. The minimum atomic E-state index is -4.44. The standard InChI is InChI=1S/C19H24F3N3O2.ClH/c20-19(21,22)15-5-1-4-14(11-15)18(6-7-18)17(27)25-10-2-3-13(12-25)16(26)24-9-8-23;/h1,4-5,11,13H,2-3,6-10,12,23H2,(H,24,26);1H. The van der Waals surface area contributed by atoms with Gasteiger partial charge in [-0.25, -0.2) is 0 Å². The molecule has 1 heterocycles. The van der Waals surface area contributed by atoms with Crippen LogP contribution >= 0.6 is 12.4 Å². The smallest absolute Gasteiger partial charge is 0.355 e. The van der Waals surface area contributed by atoms with E-state index >= 15 is 0 Å². The number of likely N-dealkylation sites (tertiary alicyclic amines) is 1. The van der Waals surface area contributed by atoms with Gasteiger partial charge in [-0.3, -0.25) is 9.59 Å². The molecule has 2 amide bonds. The summed E-state index contributed by atoms with van der Waals surface area (Å²) >= 11 is 0. The topological polar surface area (TPSA) is 75.4 Å². The normalized spacial score (nSPS) is 20.9. The maximum absolute atomic E-state index is 13.1. The fourth-order valence-electron chi connectivity index (χ4n) is 3.76. The predicted molar refractivity (Wildman–Crippen MR) is 101 cm³/mol. The molecule has 1 aliphatic carbocycles. The van der Waals surface area contributed by atoms with Gasteiger partial charge in [-0.05, 0) is 37.3 Å². The first-order valence-corrected chi connectivity index (χ1v) is 9.23. The molecule has 5 nitrogen and oxygen atoms in total. The molecule has 1 aromatic carbocycles. The molecule has 0 aromatic heterocycles. The second-order valence-electron chi connectivity index (χ2n) is 7.33. The van der Waals surface area contributed by atoms with Crippen LogP contribution in [-0.2, 0) is 21.2 Å². The molecule has 3 rings (SSSR count). The molecule has 1 saturated heterocycles. The summed E-state index contributed by atoms with van der Waals surface area (Å²) in [6.45, 7) is 1.56. The molecule has 2 aliphatic rings. The third kappa shape index (κ3) is 4.60. The molecule has 1 aromatic rings. The van der Waals surface area contributed by atoms with E-state index in [1.54, 1.807) is 11.0 Å². The van der Waals surface area contributed by atoms with E-state index in [1.165, 1.54) is 6.07 Å². The summed E-state index contributed by atoms with van der Waals surface area (Å²) in [5, 5.41) is 2.74. The summed E-state index contributed by atoms with van der Waals surface area (Å²) in [7, 11) is 0. The SMILES string of the molecule is Cl.NCCNC(=O)C1CCCN(C(=O)C2(c3cccc(C(F)(F)F)c3)CC2)C1. The zero-order valence-corrected chi connectivity index (χ0v) is 16.2. The van der Waals surface area contributed by atoms with Gasteiger partial charge in [0.1, 0.15) is 0 Å². The highest BCUT2D eigenvalue weighted by molar-refractivity contribution is 5.92. The molecule has 3 N–H and O–H groups in total. The van der Waals surface area contributed by atoms with Gasteiger partial charge in [-0.1, -0.05) is 18.2 Å². The molecule has 0 spiro atoms. The largest absolute Gasteiger partial charge is 0.416 e. The first kappa shape index (κ1) is 22.5. The molecule has 0 radical (unpaired) electrons. The number of rotatable bonds is 5. The summed E-state index contributed by atoms with van der Waals surface area (Å²) in [5.74, 6) is -0.591. The van der Waals surface area contributed by atoms with Gasteiger partial charge in [0.15, 0.2) is 0 Å². The Kier molecular flexibility index (Phi) is 6.98. The molecular formula is C19H25ClF3N3O2. The second-order valence-corrected chi connectivity index (χ2v) is 7.33. The molecule has 1 unspecified atom stereocenters. The number of hydrogen-bond acceptors (Lipinski definition) is 3. The molecule has 28 heavy (non-hydrogen) atoms. The van der Waals surface area contributed by atoms with E-state index in [0.29, 0.717) is 57.4 Å². The quantitative estimate of drug-likeness (QED) is 0.769. The fourth-order valence-corrected chi connectivity index (χ4v) is 3.76. The van der Waals surface area contributed by atoms with Crippen molar-refractivity contribution in [1.29, 1.82) is 0 Å². The van der Waals surface area contributed by atoms with E-state index in [2.05, 4.69) is 5.32 Å². The van der Waals surface area contributed by atoms with Crippen LogP contribution in [0.3, 0.4) is 0 Å². The summed E-state index contributed by atoms with van der Waals surface area (Å²) in [6, 6.07) is 5.04. The number of carbonyl (C=O) groups excluding carboxylic acids is 2. The maximum Gasteiger partial charge on any atom is 0.416 e. The van der Waals surface area contributed by atoms with Crippen molar-refractivity contribution in [1.82, 2.24) is 10.2 Å². The van der Waals surface area contributed by atoms with Gasteiger partial charge in [0, 0.05) is 26.2 Å². The van der Waals surface area contributed by atoms with Gasteiger partial charge >= 0.3 is 6.18 Å². The first-order valence-electron chi connectivity index (χ1n) is 9.23. The van der Waals surface area contributed by atoms with Gasteiger partial charge in [-0.2, -0.15) is 13.2 Å². The number of benzene rings is 1. The van der Waals surface area contributed by atoms with Crippen molar-refractivity contribution in [3.05, 3.63) is 35.4 Å². The molecule has 1 aliphatic heterocycles. The Hall–Kier alpha value is -1.80. The lowest BCUT2D eigenvalue weighted by atomic mass is 9.90. The summed E-state index contributed by atoms with van der Waals surface area (Å²) in [4.78, 5) is 26.9. The van der Waals surface area contributed by atoms with E-state index in [0.717, 1.165) is 12.1 Å². The lowest BCUT2D eigenvalue weighted by molar-refractivity contribution is -0.139. The number of carbonyl (C=O) groups is 2. The van der Waals surface area contributed by atoms with Crippen molar-refractivity contribution >= 4 is 24.2 Å². The molecule has 156 valence electrons. The van der Waals surface area contributed by atoms with Crippen LogP contribution in [-0.4, -0.2) is 42.9 Å². The lowest BCUT2D eigenvalue weighted by Crippen LogP contribution is -2.49. The van der Waals surface area contributed by atoms with Crippen LogP contribution in [0.1, 0.15) is 36.8 Å². The third-order valence-corrected chi connectivity index (χ3v) is 5.42. The fraction of sp³-hybridized carbons (Fsp3) is 0.579.